The van der Waals surface area contributed by atoms with Crippen LogP contribution in [0.2, 0.25) is 0 Å². The van der Waals surface area contributed by atoms with Gasteiger partial charge in [0.2, 0.25) is 0 Å². The summed E-state index contributed by atoms with van der Waals surface area (Å²) in [5, 5.41) is 0. The van der Waals surface area contributed by atoms with Crippen molar-refractivity contribution >= 4 is 12.4 Å². The summed E-state index contributed by atoms with van der Waals surface area (Å²) in [6, 6.07) is 0. The van der Waals surface area contributed by atoms with Crippen molar-refractivity contribution in [2.75, 3.05) is 6.61 Å². The Labute approximate surface area is 68.5 Å². The van der Waals surface area contributed by atoms with Crippen molar-refractivity contribution in [2.45, 2.75) is 38.3 Å². The number of halogens is 1. The Balaban J connectivity index is 0.000000810. The van der Waals surface area contributed by atoms with Crippen LogP contribution < -0.4 is 5.73 Å². The largest absolute Gasteiger partial charge is 0.378 e. The zero-order valence-electron chi connectivity index (χ0n) is 6.59. The standard InChI is InChI=1S/C7H15NO.ClH/c1-6-5-7(2,8)3-4-9-6;/h6H,3-5,8H2,1-2H3;1H. The second kappa shape index (κ2) is 3.56. The lowest BCUT2D eigenvalue weighted by atomic mass is 9.91. The fraction of sp³-hybridized carbons (Fsp3) is 1.00. The Hall–Kier alpha value is 0.210. The van der Waals surface area contributed by atoms with Crippen LogP contribution in [0.5, 0.6) is 0 Å². The molecule has 2 atom stereocenters. The first-order valence-electron chi connectivity index (χ1n) is 3.51. The van der Waals surface area contributed by atoms with Gasteiger partial charge >= 0.3 is 0 Å². The smallest absolute Gasteiger partial charge is 0.0564 e. The normalized spacial score (nSPS) is 40.5. The van der Waals surface area contributed by atoms with Crippen molar-refractivity contribution in [1.82, 2.24) is 0 Å². The Morgan fingerprint density at radius 1 is 1.60 bits per heavy atom. The highest BCUT2D eigenvalue weighted by Crippen LogP contribution is 2.20. The zero-order chi connectivity index (χ0) is 6.91. The van der Waals surface area contributed by atoms with E-state index in [9.17, 15) is 0 Å². The average molecular weight is 166 g/mol. The maximum Gasteiger partial charge on any atom is 0.0564 e. The first-order valence-corrected chi connectivity index (χ1v) is 3.51. The number of rotatable bonds is 0. The molecule has 0 aromatic heterocycles. The van der Waals surface area contributed by atoms with Gasteiger partial charge in [0.05, 0.1) is 6.10 Å². The monoisotopic (exact) mass is 165 g/mol. The molecule has 2 unspecified atom stereocenters. The van der Waals surface area contributed by atoms with E-state index in [4.69, 9.17) is 10.5 Å². The van der Waals surface area contributed by atoms with E-state index in [1.54, 1.807) is 0 Å². The van der Waals surface area contributed by atoms with Gasteiger partial charge in [-0.2, -0.15) is 0 Å². The molecule has 0 amide bonds. The van der Waals surface area contributed by atoms with E-state index in [1.807, 2.05) is 0 Å². The summed E-state index contributed by atoms with van der Waals surface area (Å²) in [6.45, 7) is 4.99. The van der Waals surface area contributed by atoms with Gasteiger partial charge in [-0.3, -0.25) is 0 Å². The molecule has 0 bridgehead atoms. The summed E-state index contributed by atoms with van der Waals surface area (Å²) in [7, 11) is 0. The predicted molar refractivity (Wildman–Crippen MR) is 44.5 cm³/mol. The molecule has 10 heavy (non-hydrogen) atoms. The van der Waals surface area contributed by atoms with E-state index in [0.29, 0.717) is 6.10 Å². The second-order valence-corrected chi connectivity index (χ2v) is 3.29. The van der Waals surface area contributed by atoms with E-state index in [0.717, 1.165) is 19.4 Å². The lowest BCUT2D eigenvalue weighted by Gasteiger charge is -2.33. The molecule has 62 valence electrons. The number of hydrogen-bond acceptors (Lipinski definition) is 2. The van der Waals surface area contributed by atoms with E-state index in [-0.39, 0.29) is 17.9 Å². The van der Waals surface area contributed by atoms with Crippen molar-refractivity contribution < 1.29 is 4.74 Å². The lowest BCUT2D eigenvalue weighted by Crippen LogP contribution is -2.44. The van der Waals surface area contributed by atoms with Crippen LogP contribution in [-0.4, -0.2) is 18.2 Å². The minimum atomic E-state index is 0. The van der Waals surface area contributed by atoms with Gasteiger partial charge in [-0.15, -0.1) is 12.4 Å². The van der Waals surface area contributed by atoms with Gasteiger partial charge in [-0.25, -0.2) is 0 Å². The third-order valence-corrected chi connectivity index (χ3v) is 1.83. The molecule has 2 N–H and O–H groups in total. The Bertz CT molecular complexity index is 106. The van der Waals surface area contributed by atoms with Gasteiger partial charge in [0.1, 0.15) is 0 Å². The number of nitrogens with two attached hydrogens (primary N) is 1. The fourth-order valence-electron chi connectivity index (χ4n) is 1.31. The molecule has 0 aliphatic carbocycles. The number of hydrogen-bond donors (Lipinski definition) is 1. The summed E-state index contributed by atoms with van der Waals surface area (Å²) in [4.78, 5) is 0. The maximum atomic E-state index is 5.89. The Morgan fingerprint density at radius 3 is 2.50 bits per heavy atom. The Kier molecular flexibility index (Phi) is 3.63. The molecule has 1 aliphatic rings. The molecule has 0 saturated carbocycles. The molecule has 1 fully saturated rings. The summed E-state index contributed by atoms with van der Waals surface area (Å²) in [6.07, 6.45) is 2.35. The van der Waals surface area contributed by atoms with Crippen LogP contribution in [0.1, 0.15) is 26.7 Å². The maximum absolute atomic E-state index is 5.89. The molecule has 1 rings (SSSR count). The minimum absolute atomic E-state index is 0. The summed E-state index contributed by atoms with van der Waals surface area (Å²) >= 11 is 0. The molecular formula is C7H16ClNO. The topological polar surface area (TPSA) is 35.2 Å². The highest BCUT2D eigenvalue weighted by atomic mass is 35.5. The molecule has 1 aliphatic heterocycles. The highest BCUT2D eigenvalue weighted by molar-refractivity contribution is 5.85. The third-order valence-electron chi connectivity index (χ3n) is 1.83. The van der Waals surface area contributed by atoms with Gasteiger partial charge in [-0.1, -0.05) is 0 Å². The van der Waals surface area contributed by atoms with Crippen LogP contribution in [0.4, 0.5) is 0 Å². The van der Waals surface area contributed by atoms with Gasteiger partial charge in [0.15, 0.2) is 0 Å². The molecular weight excluding hydrogens is 150 g/mol. The van der Waals surface area contributed by atoms with Crippen LogP contribution in [0, 0.1) is 0 Å². The molecule has 1 saturated heterocycles. The van der Waals surface area contributed by atoms with E-state index >= 15 is 0 Å². The Morgan fingerprint density at radius 2 is 2.20 bits per heavy atom. The molecule has 3 heteroatoms. The summed E-state index contributed by atoms with van der Waals surface area (Å²) in [5.41, 5.74) is 5.91. The quantitative estimate of drug-likeness (QED) is 0.588. The van der Waals surface area contributed by atoms with Gasteiger partial charge in [0, 0.05) is 12.1 Å². The fourth-order valence-corrected chi connectivity index (χ4v) is 1.31. The van der Waals surface area contributed by atoms with Gasteiger partial charge in [0.25, 0.3) is 0 Å². The molecule has 0 aromatic rings. The van der Waals surface area contributed by atoms with E-state index < -0.39 is 0 Å². The van der Waals surface area contributed by atoms with Crippen LogP contribution in [-0.2, 0) is 4.74 Å². The molecule has 0 spiro atoms. The summed E-state index contributed by atoms with van der Waals surface area (Å²) in [5.74, 6) is 0. The van der Waals surface area contributed by atoms with Gasteiger partial charge < -0.3 is 10.5 Å². The van der Waals surface area contributed by atoms with E-state index in [2.05, 4.69) is 13.8 Å². The van der Waals surface area contributed by atoms with Crippen molar-refractivity contribution in [1.29, 1.82) is 0 Å². The molecule has 1 heterocycles. The molecule has 2 nitrogen and oxygen atoms in total. The van der Waals surface area contributed by atoms with Crippen molar-refractivity contribution in [2.24, 2.45) is 5.73 Å². The average Bonchev–Trinajstić information content (AvgIpc) is 1.60. The predicted octanol–water partition coefficient (Wildman–Crippen LogP) is 1.32. The second-order valence-electron chi connectivity index (χ2n) is 3.29. The van der Waals surface area contributed by atoms with Crippen LogP contribution >= 0.6 is 12.4 Å². The lowest BCUT2D eigenvalue weighted by molar-refractivity contribution is -0.00263. The SMILES string of the molecule is CC1CC(C)(N)CCO1.Cl. The minimum Gasteiger partial charge on any atom is -0.378 e. The van der Waals surface area contributed by atoms with Crippen molar-refractivity contribution in [3.8, 4) is 0 Å². The van der Waals surface area contributed by atoms with Crippen LogP contribution in [0.3, 0.4) is 0 Å². The number of ether oxygens (including phenoxy) is 1. The van der Waals surface area contributed by atoms with Crippen molar-refractivity contribution in [3.63, 3.8) is 0 Å². The highest BCUT2D eigenvalue weighted by Gasteiger charge is 2.26. The zero-order valence-corrected chi connectivity index (χ0v) is 7.41. The first kappa shape index (κ1) is 10.2. The first-order chi connectivity index (χ1) is 4.10. The summed E-state index contributed by atoms with van der Waals surface area (Å²) < 4.78 is 5.33. The molecule has 0 radical (unpaired) electrons. The van der Waals surface area contributed by atoms with E-state index in [1.165, 1.54) is 0 Å². The van der Waals surface area contributed by atoms with Crippen LogP contribution in [0.15, 0.2) is 0 Å². The third kappa shape index (κ3) is 2.86. The van der Waals surface area contributed by atoms with Gasteiger partial charge in [-0.05, 0) is 26.7 Å². The van der Waals surface area contributed by atoms with Crippen molar-refractivity contribution in [3.05, 3.63) is 0 Å². The van der Waals surface area contributed by atoms with Crippen LogP contribution in [0.25, 0.3) is 0 Å². The molecule has 0 aromatic carbocycles.